The third kappa shape index (κ3) is 5.13. The Balaban J connectivity index is 1.30. The molecule has 0 bridgehead atoms. The minimum absolute atomic E-state index is 0.0247. The third-order valence-electron chi connectivity index (χ3n) is 6.76. The Hall–Kier alpha value is -2.83. The van der Waals surface area contributed by atoms with Crippen molar-refractivity contribution in [2.24, 2.45) is 5.92 Å². The lowest BCUT2D eigenvalue weighted by atomic mass is 10.00. The summed E-state index contributed by atoms with van der Waals surface area (Å²) in [6.07, 6.45) is 2.35. The molecule has 0 unspecified atom stereocenters. The lowest BCUT2D eigenvalue weighted by Gasteiger charge is -2.34. The first-order valence-corrected chi connectivity index (χ1v) is 12.9. The van der Waals surface area contributed by atoms with Crippen LogP contribution in [0.5, 0.6) is 23.0 Å². The molecular formula is C28H31NO4S. The summed E-state index contributed by atoms with van der Waals surface area (Å²) in [6, 6.07) is 20.6. The SMILES string of the molecule is CC[C@@H]1CCN(CCOc2ccc([C@@H]3Oc4ccc(O)cc4S[C@@H]3c3ccc(O)cc3)cc2)C1. The van der Waals surface area contributed by atoms with Crippen molar-refractivity contribution in [2.75, 3.05) is 26.2 Å². The molecule has 0 aromatic heterocycles. The molecule has 2 aliphatic rings. The van der Waals surface area contributed by atoms with Crippen LogP contribution in [0, 0.1) is 5.92 Å². The number of aromatic hydroxyl groups is 2. The van der Waals surface area contributed by atoms with Gasteiger partial charge in [0, 0.05) is 13.1 Å². The van der Waals surface area contributed by atoms with E-state index in [-0.39, 0.29) is 22.9 Å². The van der Waals surface area contributed by atoms with Gasteiger partial charge in [0.05, 0.1) is 10.1 Å². The maximum atomic E-state index is 9.94. The summed E-state index contributed by atoms with van der Waals surface area (Å²) in [7, 11) is 0. The molecule has 3 atom stereocenters. The standard InChI is InChI=1S/C28H31NO4S/c1-2-19-13-14-29(18-19)15-16-32-24-10-5-20(6-11-24)27-28(21-3-7-22(30)8-4-21)34-26-17-23(31)9-12-25(26)33-27/h3-12,17,19,27-28,30-31H,2,13-16,18H2,1H3/t19-,27+,28-/m1/s1. The van der Waals surface area contributed by atoms with E-state index in [1.54, 1.807) is 36.0 Å². The minimum Gasteiger partial charge on any atom is -0.508 e. The summed E-state index contributed by atoms with van der Waals surface area (Å²) in [5.41, 5.74) is 2.11. The van der Waals surface area contributed by atoms with Crippen molar-refractivity contribution < 1.29 is 19.7 Å². The van der Waals surface area contributed by atoms with Gasteiger partial charge in [-0.1, -0.05) is 37.6 Å². The Bertz CT molecular complexity index is 1100. The van der Waals surface area contributed by atoms with Gasteiger partial charge in [0.15, 0.2) is 0 Å². The second kappa shape index (κ2) is 10.2. The van der Waals surface area contributed by atoms with E-state index in [9.17, 15) is 10.2 Å². The van der Waals surface area contributed by atoms with E-state index in [2.05, 4.69) is 24.0 Å². The van der Waals surface area contributed by atoms with Crippen LogP contribution in [0.3, 0.4) is 0 Å². The lowest BCUT2D eigenvalue weighted by Crippen LogP contribution is -2.26. The summed E-state index contributed by atoms with van der Waals surface area (Å²) >= 11 is 1.66. The van der Waals surface area contributed by atoms with Crippen LogP contribution < -0.4 is 9.47 Å². The topological polar surface area (TPSA) is 62.2 Å². The largest absolute Gasteiger partial charge is 0.508 e. The number of likely N-dealkylation sites (tertiary alicyclic amines) is 1. The predicted molar refractivity (Wildman–Crippen MR) is 135 cm³/mol. The first-order valence-electron chi connectivity index (χ1n) is 12.0. The first-order chi connectivity index (χ1) is 16.6. The summed E-state index contributed by atoms with van der Waals surface area (Å²) in [5, 5.41) is 19.7. The molecule has 5 rings (SSSR count). The van der Waals surface area contributed by atoms with Gasteiger partial charge in [-0.15, -0.1) is 11.8 Å². The van der Waals surface area contributed by atoms with Gasteiger partial charge >= 0.3 is 0 Å². The molecule has 34 heavy (non-hydrogen) atoms. The van der Waals surface area contributed by atoms with Gasteiger partial charge in [-0.25, -0.2) is 0 Å². The Morgan fingerprint density at radius 2 is 1.71 bits per heavy atom. The van der Waals surface area contributed by atoms with Gasteiger partial charge in [-0.05, 0) is 72.5 Å². The Morgan fingerprint density at radius 1 is 0.971 bits per heavy atom. The number of hydrogen-bond acceptors (Lipinski definition) is 6. The lowest BCUT2D eigenvalue weighted by molar-refractivity contribution is 0.190. The van der Waals surface area contributed by atoms with Crippen LogP contribution >= 0.6 is 11.8 Å². The third-order valence-corrected chi connectivity index (χ3v) is 8.11. The van der Waals surface area contributed by atoms with Crippen LogP contribution in [0.4, 0.5) is 0 Å². The van der Waals surface area contributed by atoms with Crippen molar-refractivity contribution in [3.8, 4) is 23.0 Å². The molecule has 0 aliphatic carbocycles. The highest BCUT2D eigenvalue weighted by molar-refractivity contribution is 7.99. The first kappa shape index (κ1) is 22.9. The minimum atomic E-state index is -0.212. The van der Waals surface area contributed by atoms with Gasteiger partial charge in [0.1, 0.15) is 35.7 Å². The second-order valence-corrected chi connectivity index (χ2v) is 10.3. The van der Waals surface area contributed by atoms with Gasteiger partial charge in [0.25, 0.3) is 0 Å². The van der Waals surface area contributed by atoms with Crippen LogP contribution in [0.25, 0.3) is 0 Å². The summed E-state index contributed by atoms with van der Waals surface area (Å²) < 4.78 is 12.5. The summed E-state index contributed by atoms with van der Waals surface area (Å²) in [5.74, 6) is 2.92. The zero-order valence-electron chi connectivity index (χ0n) is 19.4. The van der Waals surface area contributed by atoms with Crippen LogP contribution in [-0.4, -0.2) is 41.4 Å². The van der Waals surface area contributed by atoms with E-state index in [1.165, 1.54) is 25.9 Å². The van der Waals surface area contributed by atoms with Crippen LogP contribution in [0.1, 0.15) is 42.2 Å². The molecule has 2 N–H and O–H groups in total. The maximum Gasteiger partial charge on any atom is 0.140 e. The van der Waals surface area contributed by atoms with Crippen molar-refractivity contribution in [1.82, 2.24) is 4.90 Å². The van der Waals surface area contributed by atoms with E-state index in [4.69, 9.17) is 9.47 Å². The molecule has 1 saturated heterocycles. The predicted octanol–water partition coefficient (Wildman–Crippen LogP) is 6.18. The summed E-state index contributed by atoms with van der Waals surface area (Å²) in [6.45, 7) is 6.30. The van der Waals surface area contributed by atoms with Gasteiger partial charge in [-0.3, -0.25) is 4.90 Å². The van der Waals surface area contributed by atoms with Crippen LogP contribution in [-0.2, 0) is 0 Å². The number of thioether (sulfide) groups is 1. The van der Waals surface area contributed by atoms with Crippen molar-refractivity contribution in [3.05, 3.63) is 77.9 Å². The number of rotatable bonds is 7. The van der Waals surface area contributed by atoms with Gasteiger partial charge < -0.3 is 19.7 Å². The highest BCUT2D eigenvalue weighted by atomic mass is 32.2. The van der Waals surface area contributed by atoms with Crippen molar-refractivity contribution >= 4 is 11.8 Å². The smallest absolute Gasteiger partial charge is 0.140 e. The van der Waals surface area contributed by atoms with Gasteiger partial charge in [0.2, 0.25) is 0 Å². The average molecular weight is 478 g/mol. The zero-order valence-corrected chi connectivity index (χ0v) is 20.2. The molecule has 1 fully saturated rings. The highest BCUT2D eigenvalue weighted by Crippen LogP contribution is 2.54. The van der Waals surface area contributed by atoms with Gasteiger partial charge in [-0.2, -0.15) is 0 Å². The molecule has 0 saturated carbocycles. The number of phenolic OH excluding ortho intramolecular Hbond substituents is 2. The monoisotopic (exact) mass is 477 g/mol. The van der Waals surface area contributed by atoms with Crippen LogP contribution in [0.2, 0.25) is 0 Å². The molecule has 3 aromatic carbocycles. The fourth-order valence-electron chi connectivity index (χ4n) is 4.73. The van der Waals surface area contributed by atoms with Crippen molar-refractivity contribution in [2.45, 2.75) is 36.0 Å². The second-order valence-electron chi connectivity index (χ2n) is 9.08. The number of nitrogens with zero attached hydrogens (tertiary/aromatic N) is 1. The molecule has 2 heterocycles. The van der Waals surface area contributed by atoms with E-state index < -0.39 is 0 Å². The number of phenols is 2. The molecule has 0 spiro atoms. The molecular weight excluding hydrogens is 446 g/mol. The number of benzene rings is 3. The number of ether oxygens (including phenoxy) is 2. The summed E-state index contributed by atoms with van der Waals surface area (Å²) in [4.78, 5) is 3.40. The van der Waals surface area contributed by atoms with E-state index in [0.29, 0.717) is 6.61 Å². The quantitative estimate of drug-likeness (QED) is 0.424. The molecule has 0 radical (unpaired) electrons. The number of fused-ring (bicyclic) bond motifs is 1. The van der Waals surface area contributed by atoms with Crippen molar-refractivity contribution in [3.63, 3.8) is 0 Å². The molecule has 3 aromatic rings. The maximum absolute atomic E-state index is 9.94. The highest BCUT2D eigenvalue weighted by Gasteiger charge is 2.33. The molecule has 178 valence electrons. The Labute approximate surface area is 205 Å². The van der Waals surface area contributed by atoms with E-state index >= 15 is 0 Å². The molecule has 6 heteroatoms. The molecule has 2 aliphatic heterocycles. The zero-order chi connectivity index (χ0) is 23.5. The number of hydrogen-bond donors (Lipinski definition) is 2. The average Bonchev–Trinajstić information content (AvgIpc) is 3.32. The molecule has 0 amide bonds. The molecule has 5 nitrogen and oxygen atoms in total. The Kier molecular flexibility index (Phi) is 6.88. The van der Waals surface area contributed by atoms with Crippen LogP contribution in [0.15, 0.2) is 71.6 Å². The van der Waals surface area contributed by atoms with E-state index in [1.807, 2.05) is 30.3 Å². The van der Waals surface area contributed by atoms with E-state index in [0.717, 1.165) is 40.0 Å². The van der Waals surface area contributed by atoms with Crippen molar-refractivity contribution in [1.29, 1.82) is 0 Å². The fraction of sp³-hybridized carbons (Fsp3) is 0.357. The normalized spacial score (nSPS) is 22.2. The Morgan fingerprint density at radius 3 is 2.44 bits per heavy atom. The fourth-order valence-corrected chi connectivity index (χ4v) is 6.05.